The van der Waals surface area contributed by atoms with Crippen molar-refractivity contribution in [1.82, 2.24) is 14.9 Å². The van der Waals surface area contributed by atoms with E-state index in [9.17, 15) is 0 Å². The van der Waals surface area contributed by atoms with E-state index in [1.807, 2.05) is 31.2 Å². The molecule has 1 aliphatic heterocycles. The average molecular weight is 183 g/mol. The van der Waals surface area contributed by atoms with Gasteiger partial charge in [0, 0.05) is 31.2 Å². The van der Waals surface area contributed by atoms with Crippen LogP contribution in [0.1, 0.15) is 6.42 Å². The number of hydrogen-bond donors (Lipinski definition) is 1. The van der Waals surface area contributed by atoms with E-state index in [-0.39, 0.29) is 0 Å². The maximum absolute atomic E-state index is 4.28. The monoisotopic (exact) mass is 183 g/mol. The highest BCUT2D eigenvalue weighted by atomic mass is 32.2. The Bertz CT molecular complexity index is 253. The number of aromatic nitrogens is 2. The molecular formula is C8H13N3S. The number of nitrogens with one attached hydrogen (secondary N) is 1. The largest absolute Gasteiger partial charge is 0.329 e. The van der Waals surface area contributed by atoms with Crippen molar-refractivity contribution < 1.29 is 0 Å². The summed E-state index contributed by atoms with van der Waals surface area (Å²) in [6, 6.07) is 0. The lowest BCUT2D eigenvalue weighted by atomic mass is 10.4. The summed E-state index contributed by atoms with van der Waals surface area (Å²) in [6.07, 6.45) is 5.10. The first kappa shape index (κ1) is 8.13. The van der Waals surface area contributed by atoms with Crippen LogP contribution in [0.3, 0.4) is 0 Å². The Labute approximate surface area is 76.6 Å². The van der Waals surface area contributed by atoms with Crippen LogP contribution in [0.5, 0.6) is 0 Å². The summed E-state index contributed by atoms with van der Waals surface area (Å²) >= 11 is 1.87. The molecule has 1 fully saturated rings. The van der Waals surface area contributed by atoms with Crippen LogP contribution in [0.2, 0.25) is 0 Å². The molecule has 1 N–H and O–H groups in total. The molecule has 0 bridgehead atoms. The lowest BCUT2D eigenvalue weighted by Crippen LogP contribution is -2.10. The first-order valence-corrected chi connectivity index (χ1v) is 5.09. The maximum Gasteiger partial charge on any atom is 0.167 e. The van der Waals surface area contributed by atoms with Gasteiger partial charge in [0.15, 0.2) is 5.16 Å². The Balaban J connectivity index is 1.98. The van der Waals surface area contributed by atoms with Gasteiger partial charge < -0.3 is 9.88 Å². The summed E-state index contributed by atoms with van der Waals surface area (Å²) in [5, 5.41) is 5.19. The zero-order valence-corrected chi connectivity index (χ0v) is 7.97. The van der Waals surface area contributed by atoms with Crippen molar-refractivity contribution in [2.24, 2.45) is 7.05 Å². The fourth-order valence-corrected chi connectivity index (χ4v) is 2.43. The number of nitrogens with zero attached hydrogens (tertiary/aromatic N) is 2. The fourth-order valence-electron chi connectivity index (χ4n) is 1.34. The molecule has 4 heteroatoms. The highest BCUT2D eigenvalue weighted by Crippen LogP contribution is 2.24. The molecule has 0 unspecified atom stereocenters. The Morgan fingerprint density at radius 2 is 2.67 bits per heavy atom. The molecule has 0 saturated carbocycles. The van der Waals surface area contributed by atoms with Crippen LogP contribution in [-0.2, 0) is 7.05 Å². The topological polar surface area (TPSA) is 29.9 Å². The molecule has 3 nitrogen and oxygen atoms in total. The second-order valence-electron chi connectivity index (χ2n) is 3.05. The van der Waals surface area contributed by atoms with E-state index < -0.39 is 0 Å². The molecule has 1 atom stereocenters. The molecule has 0 aromatic carbocycles. The van der Waals surface area contributed by atoms with Gasteiger partial charge in [0.1, 0.15) is 0 Å². The summed E-state index contributed by atoms with van der Waals surface area (Å²) in [5.74, 6) is 0. The summed E-state index contributed by atoms with van der Waals surface area (Å²) in [6.45, 7) is 2.28. The third-order valence-corrected chi connectivity index (χ3v) is 3.40. The van der Waals surface area contributed by atoms with Gasteiger partial charge in [-0.2, -0.15) is 0 Å². The van der Waals surface area contributed by atoms with E-state index in [0.717, 1.165) is 18.2 Å². The van der Waals surface area contributed by atoms with E-state index in [0.29, 0.717) is 5.25 Å². The highest BCUT2D eigenvalue weighted by molar-refractivity contribution is 7.99. The van der Waals surface area contributed by atoms with Crippen LogP contribution >= 0.6 is 11.8 Å². The fraction of sp³-hybridized carbons (Fsp3) is 0.625. The van der Waals surface area contributed by atoms with Gasteiger partial charge >= 0.3 is 0 Å². The Morgan fingerprint density at radius 1 is 1.75 bits per heavy atom. The van der Waals surface area contributed by atoms with Gasteiger partial charge in [0.2, 0.25) is 0 Å². The van der Waals surface area contributed by atoms with Crippen molar-refractivity contribution in [3.05, 3.63) is 12.4 Å². The molecule has 1 aromatic rings. The molecule has 0 aliphatic carbocycles. The predicted octanol–water partition coefficient (Wildman–Crippen LogP) is 0.874. The smallest absolute Gasteiger partial charge is 0.167 e. The first-order valence-electron chi connectivity index (χ1n) is 4.21. The van der Waals surface area contributed by atoms with Gasteiger partial charge in [0.05, 0.1) is 0 Å². The number of aryl methyl sites for hydroxylation is 1. The normalized spacial score (nSPS) is 23.2. The molecule has 66 valence electrons. The number of thioether (sulfide) groups is 1. The molecule has 1 aromatic heterocycles. The van der Waals surface area contributed by atoms with E-state index in [4.69, 9.17) is 0 Å². The second-order valence-corrected chi connectivity index (χ2v) is 4.32. The second kappa shape index (κ2) is 3.49. The Kier molecular flexibility index (Phi) is 2.37. The minimum atomic E-state index is 0.714. The molecule has 2 rings (SSSR count). The van der Waals surface area contributed by atoms with Gasteiger partial charge in [-0.15, -0.1) is 0 Å². The maximum atomic E-state index is 4.28. The summed E-state index contributed by atoms with van der Waals surface area (Å²) in [5.41, 5.74) is 0. The van der Waals surface area contributed by atoms with Crippen molar-refractivity contribution in [3.63, 3.8) is 0 Å². The molecular weight excluding hydrogens is 170 g/mol. The predicted molar refractivity (Wildman–Crippen MR) is 50.3 cm³/mol. The van der Waals surface area contributed by atoms with Crippen LogP contribution in [-0.4, -0.2) is 27.9 Å². The van der Waals surface area contributed by atoms with Crippen molar-refractivity contribution in [1.29, 1.82) is 0 Å². The molecule has 1 aliphatic rings. The quantitative estimate of drug-likeness (QED) is 0.738. The van der Waals surface area contributed by atoms with Gasteiger partial charge in [-0.1, -0.05) is 11.8 Å². The third-order valence-electron chi connectivity index (χ3n) is 2.06. The highest BCUT2D eigenvalue weighted by Gasteiger charge is 2.17. The number of hydrogen-bond acceptors (Lipinski definition) is 3. The molecule has 12 heavy (non-hydrogen) atoms. The van der Waals surface area contributed by atoms with Crippen LogP contribution in [0.15, 0.2) is 17.6 Å². The zero-order valence-electron chi connectivity index (χ0n) is 7.16. The lowest BCUT2D eigenvalue weighted by molar-refractivity contribution is 0.783. The zero-order chi connectivity index (χ0) is 8.39. The minimum absolute atomic E-state index is 0.714. The van der Waals surface area contributed by atoms with E-state index in [2.05, 4.69) is 14.9 Å². The van der Waals surface area contributed by atoms with Crippen LogP contribution in [0.25, 0.3) is 0 Å². The third kappa shape index (κ3) is 1.64. The van der Waals surface area contributed by atoms with E-state index >= 15 is 0 Å². The van der Waals surface area contributed by atoms with Crippen molar-refractivity contribution in [2.75, 3.05) is 13.1 Å². The van der Waals surface area contributed by atoms with Crippen molar-refractivity contribution in [3.8, 4) is 0 Å². The first-order chi connectivity index (χ1) is 5.86. The van der Waals surface area contributed by atoms with Gasteiger partial charge in [-0.25, -0.2) is 4.98 Å². The molecule has 2 heterocycles. The van der Waals surface area contributed by atoms with Crippen LogP contribution < -0.4 is 5.32 Å². The van der Waals surface area contributed by atoms with Crippen LogP contribution in [0, 0.1) is 0 Å². The van der Waals surface area contributed by atoms with Crippen molar-refractivity contribution >= 4 is 11.8 Å². The SMILES string of the molecule is Cn1ccnc1S[C@@H]1CCNC1. The molecule has 1 saturated heterocycles. The average Bonchev–Trinajstić information content (AvgIpc) is 2.65. The van der Waals surface area contributed by atoms with Crippen molar-refractivity contribution in [2.45, 2.75) is 16.8 Å². The minimum Gasteiger partial charge on any atom is -0.329 e. The molecule has 0 radical (unpaired) electrons. The standard InChI is InChI=1S/C8H13N3S/c1-11-5-4-10-8(11)12-7-2-3-9-6-7/h4-5,7,9H,2-3,6H2,1H3/t7-/m1/s1. The molecule has 0 spiro atoms. The van der Waals surface area contributed by atoms with Gasteiger partial charge in [-0.05, 0) is 13.0 Å². The lowest BCUT2D eigenvalue weighted by Gasteiger charge is -2.06. The summed E-state index contributed by atoms with van der Waals surface area (Å²) < 4.78 is 2.07. The van der Waals surface area contributed by atoms with Crippen LogP contribution in [0.4, 0.5) is 0 Å². The summed E-state index contributed by atoms with van der Waals surface area (Å²) in [7, 11) is 2.04. The Hall–Kier alpha value is -0.480. The van der Waals surface area contributed by atoms with E-state index in [1.54, 1.807) is 0 Å². The van der Waals surface area contributed by atoms with E-state index in [1.165, 1.54) is 6.42 Å². The van der Waals surface area contributed by atoms with Gasteiger partial charge in [-0.3, -0.25) is 0 Å². The summed E-state index contributed by atoms with van der Waals surface area (Å²) in [4.78, 5) is 4.28. The van der Waals surface area contributed by atoms with Gasteiger partial charge in [0.25, 0.3) is 0 Å². The number of rotatable bonds is 2. The Morgan fingerprint density at radius 3 is 3.25 bits per heavy atom. The molecule has 0 amide bonds. The number of imidazole rings is 1.